The zero-order valence-corrected chi connectivity index (χ0v) is 15.2. The van der Waals surface area contributed by atoms with Crippen LogP contribution in [0.3, 0.4) is 0 Å². The molecule has 0 spiro atoms. The van der Waals surface area contributed by atoms with Crippen molar-refractivity contribution in [2.75, 3.05) is 18.5 Å². The Bertz CT molecular complexity index is 608. The van der Waals surface area contributed by atoms with Crippen molar-refractivity contribution in [3.8, 4) is 0 Å². The lowest BCUT2D eigenvalue weighted by Crippen LogP contribution is -2.33. The molecule has 0 aliphatic heterocycles. The summed E-state index contributed by atoms with van der Waals surface area (Å²) >= 11 is 0. The molecule has 1 rings (SSSR count). The summed E-state index contributed by atoms with van der Waals surface area (Å²) in [6.07, 6.45) is 0.206. The first-order valence-corrected chi connectivity index (χ1v) is 8.25. The maximum absolute atomic E-state index is 11.9. The second-order valence-corrected chi connectivity index (χ2v) is 6.38. The number of carbonyl (C=O) groups excluding carboxylic acids is 3. The quantitative estimate of drug-likeness (QED) is 0.582. The van der Waals surface area contributed by atoms with Gasteiger partial charge >= 0.3 is 12.1 Å². The van der Waals surface area contributed by atoms with Gasteiger partial charge in [-0.3, -0.25) is 4.79 Å². The van der Waals surface area contributed by atoms with Crippen LogP contribution in [0.25, 0.3) is 0 Å². The van der Waals surface area contributed by atoms with Crippen molar-refractivity contribution in [1.29, 1.82) is 0 Å². The molecule has 0 aromatic heterocycles. The monoisotopic (exact) mass is 350 g/mol. The number of carbonyl (C=O) groups is 3. The van der Waals surface area contributed by atoms with E-state index in [0.717, 1.165) is 0 Å². The van der Waals surface area contributed by atoms with Gasteiger partial charge in [0, 0.05) is 18.7 Å². The molecule has 0 bridgehead atoms. The van der Waals surface area contributed by atoms with E-state index in [2.05, 4.69) is 10.6 Å². The number of alkyl carbamates (subject to hydrolysis) is 1. The molecule has 0 heterocycles. The minimum atomic E-state index is -0.550. The molecule has 1 aromatic rings. The molecule has 2 N–H and O–H groups in total. The van der Waals surface area contributed by atoms with Crippen LogP contribution in [-0.2, 0) is 14.3 Å². The van der Waals surface area contributed by atoms with E-state index in [4.69, 9.17) is 9.47 Å². The lowest BCUT2D eigenvalue weighted by atomic mass is 10.2. The van der Waals surface area contributed by atoms with Crippen LogP contribution >= 0.6 is 0 Å². The Labute approximate surface area is 148 Å². The van der Waals surface area contributed by atoms with Crippen LogP contribution in [-0.4, -0.2) is 36.7 Å². The number of amides is 2. The number of hydrogen-bond donors (Lipinski definition) is 2. The minimum Gasteiger partial charge on any atom is -0.462 e. The highest BCUT2D eigenvalue weighted by atomic mass is 16.6. The van der Waals surface area contributed by atoms with Gasteiger partial charge in [0.05, 0.1) is 12.2 Å². The summed E-state index contributed by atoms with van der Waals surface area (Å²) in [6.45, 7) is 7.71. The average Bonchev–Trinajstić information content (AvgIpc) is 2.50. The van der Waals surface area contributed by atoms with Gasteiger partial charge in [-0.1, -0.05) is 6.07 Å². The molecule has 1 aromatic carbocycles. The predicted octanol–water partition coefficient (Wildman–Crippen LogP) is 3.11. The second kappa shape index (κ2) is 9.66. The molecule has 0 saturated heterocycles. The standard InChI is InChI=1S/C18H26N2O5/c1-5-24-16(22)13-8-6-9-14(12-13)20-15(21)10-7-11-19-17(23)25-18(2,3)4/h6,8-9,12H,5,7,10-11H2,1-4H3,(H,19,23)(H,20,21). The molecule has 25 heavy (non-hydrogen) atoms. The lowest BCUT2D eigenvalue weighted by molar-refractivity contribution is -0.116. The molecule has 138 valence electrons. The summed E-state index contributed by atoms with van der Waals surface area (Å²) in [5.74, 6) is -0.632. The predicted molar refractivity (Wildman–Crippen MR) is 94.5 cm³/mol. The Hall–Kier alpha value is -2.57. The molecule has 7 heteroatoms. The Morgan fingerprint density at radius 1 is 1.16 bits per heavy atom. The van der Waals surface area contributed by atoms with Crippen molar-refractivity contribution in [3.63, 3.8) is 0 Å². The van der Waals surface area contributed by atoms with Crippen LogP contribution in [0.15, 0.2) is 24.3 Å². The van der Waals surface area contributed by atoms with E-state index in [1.165, 1.54) is 0 Å². The minimum absolute atomic E-state index is 0.202. The zero-order chi connectivity index (χ0) is 18.9. The van der Waals surface area contributed by atoms with E-state index >= 15 is 0 Å². The Morgan fingerprint density at radius 3 is 2.52 bits per heavy atom. The van der Waals surface area contributed by atoms with Gasteiger partial charge in [-0.2, -0.15) is 0 Å². The highest BCUT2D eigenvalue weighted by Gasteiger charge is 2.15. The summed E-state index contributed by atoms with van der Waals surface area (Å²) < 4.78 is 10.0. The number of hydrogen-bond acceptors (Lipinski definition) is 5. The van der Waals surface area contributed by atoms with Crippen LogP contribution in [0.2, 0.25) is 0 Å². The SMILES string of the molecule is CCOC(=O)c1cccc(NC(=O)CCCNC(=O)OC(C)(C)C)c1. The second-order valence-electron chi connectivity index (χ2n) is 6.38. The maximum Gasteiger partial charge on any atom is 0.407 e. The summed E-state index contributed by atoms with van der Waals surface area (Å²) in [5.41, 5.74) is 0.354. The van der Waals surface area contributed by atoms with Crippen molar-refractivity contribution < 1.29 is 23.9 Å². The third kappa shape index (κ3) is 8.74. The molecule has 0 aliphatic rings. The smallest absolute Gasteiger partial charge is 0.407 e. The van der Waals surface area contributed by atoms with Crippen LogP contribution in [0.5, 0.6) is 0 Å². The van der Waals surface area contributed by atoms with E-state index in [1.54, 1.807) is 52.0 Å². The molecule has 0 atom stereocenters. The molecular weight excluding hydrogens is 324 g/mol. The summed E-state index contributed by atoms with van der Waals surface area (Å²) in [7, 11) is 0. The fraction of sp³-hybridized carbons (Fsp3) is 0.500. The van der Waals surface area contributed by atoms with Gasteiger partial charge in [-0.15, -0.1) is 0 Å². The van der Waals surface area contributed by atoms with Gasteiger partial charge in [0.1, 0.15) is 5.60 Å². The topological polar surface area (TPSA) is 93.7 Å². The van der Waals surface area contributed by atoms with E-state index in [9.17, 15) is 14.4 Å². The molecular formula is C18H26N2O5. The van der Waals surface area contributed by atoms with Crippen LogP contribution in [0.4, 0.5) is 10.5 Å². The zero-order valence-electron chi connectivity index (χ0n) is 15.2. The molecule has 7 nitrogen and oxygen atoms in total. The van der Waals surface area contributed by atoms with Crippen LogP contribution in [0, 0.1) is 0 Å². The fourth-order valence-corrected chi connectivity index (χ4v) is 1.92. The van der Waals surface area contributed by atoms with Crippen LogP contribution in [0.1, 0.15) is 50.9 Å². The molecule has 0 radical (unpaired) electrons. The third-order valence-corrected chi connectivity index (χ3v) is 2.91. The van der Waals surface area contributed by atoms with Crippen LogP contribution < -0.4 is 10.6 Å². The molecule has 0 unspecified atom stereocenters. The summed E-state index contributed by atoms with van der Waals surface area (Å²) in [6, 6.07) is 6.55. The Kier molecular flexibility index (Phi) is 7.91. The van der Waals surface area contributed by atoms with Gasteiger partial charge < -0.3 is 20.1 Å². The molecule has 0 fully saturated rings. The van der Waals surface area contributed by atoms with Gasteiger partial charge in [0.15, 0.2) is 0 Å². The van der Waals surface area contributed by atoms with E-state index in [1.807, 2.05) is 0 Å². The number of rotatable bonds is 7. The Balaban J connectivity index is 2.36. The number of nitrogens with one attached hydrogen (secondary N) is 2. The fourth-order valence-electron chi connectivity index (χ4n) is 1.92. The average molecular weight is 350 g/mol. The molecule has 2 amide bonds. The number of anilines is 1. The summed E-state index contributed by atoms with van der Waals surface area (Å²) in [5, 5.41) is 5.31. The van der Waals surface area contributed by atoms with Crippen molar-refractivity contribution in [2.45, 2.75) is 46.1 Å². The van der Waals surface area contributed by atoms with Crippen molar-refractivity contribution >= 4 is 23.7 Å². The van der Waals surface area contributed by atoms with Crippen molar-refractivity contribution in [2.24, 2.45) is 0 Å². The lowest BCUT2D eigenvalue weighted by Gasteiger charge is -2.19. The van der Waals surface area contributed by atoms with Gasteiger partial charge in [-0.05, 0) is 52.3 Å². The van der Waals surface area contributed by atoms with Gasteiger partial charge in [-0.25, -0.2) is 9.59 Å². The number of benzene rings is 1. The van der Waals surface area contributed by atoms with Crippen molar-refractivity contribution in [3.05, 3.63) is 29.8 Å². The summed E-state index contributed by atoms with van der Waals surface area (Å²) in [4.78, 5) is 35.1. The van der Waals surface area contributed by atoms with E-state index < -0.39 is 17.7 Å². The number of esters is 1. The normalized spacial score (nSPS) is 10.7. The van der Waals surface area contributed by atoms with E-state index in [0.29, 0.717) is 30.8 Å². The Morgan fingerprint density at radius 2 is 1.88 bits per heavy atom. The first-order valence-electron chi connectivity index (χ1n) is 8.25. The van der Waals surface area contributed by atoms with Gasteiger partial charge in [0.25, 0.3) is 0 Å². The first kappa shape index (κ1) is 20.5. The third-order valence-electron chi connectivity index (χ3n) is 2.91. The largest absolute Gasteiger partial charge is 0.462 e. The highest BCUT2D eigenvalue weighted by Crippen LogP contribution is 2.12. The number of ether oxygens (including phenoxy) is 2. The molecule has 0 aliphatic carbocycles. The van der Waals surface area contributed by atoms with Crippen molar-refractivity contribution in [1.82, 2.24) is 5.32 Å². The molecule has 0 saturated carbocycles. The highest BCUT2D eigenvalue weighted by molar-refractivity contribution is 5.94. The maximum atomic E-state index is 11.9. The van der Waals surface area contributed by atoms with E-state index in [-0.39, 0.29) is 12.3 Å². The first-order chi connectivity index (χ1) is 11.7. The van der Waals surface area contributed by atoms with Gasteiger partial charge in [0.2, 0.25) is 5.91 Å².